The van der Waals surface area contributed by atoms with E-state index >= 15 is 0 Å². The topological polar surface area (TPSA) is 51.3 Å². The monoisotopic (exact) mass is 401 g/mol. The summed E-state index contributed by atoms with van der Waals surface area (Å²) in [4.78, 5) is 3.65. The van der Waals surface area contributed by atoms with Gasteiger partial charge in [0.15, 0.2) is 5.82 Å². The minimum Gasteiger partial charge on any atom is -0.360 e. The van der Waals surface area contributed by atoms with E-state index in [1.165, 1.54) is 22.4 Å². The third kappa shape index (κ3) is 3.79. The fourth-order valence-electron chi connectivity index (χ4n) is 3.85. The lowest BCUT2D eigenvalue weighted by Gasteiger charge is -2.31. The molecule has 4 aromatic rings. The third-order valence-electron chi connectivity index (χ3n) is 5.54. The lowest BCUT2D eigenvalue weighted by molar-refractivity contribution is -0.846. The molecule has 3 aromatic carbocycles. The van der Waals surface area contributed by atoms with Gasteiger partial charge in [0, 0.05) is 11.8 Å². The number of hydrogen-bond acceptors (Lipinski definition) is 4. The van der Waals surface area contributed by atoms with E-state index in [2.05, 4.69) is 50.9 Å². The predicted octanol–water partition coefficient (Wildman–Crippen LogP) is 2.33. The second-order valence-corrected chi connectivity index (χ2v) is 7.44. The molecule has 0 atom stereocenters. The number of fused-ring (bicyclic) bond motifs is 1. The fraction of sp³-hybridized carbons (Fsp3) is 0.174. The Hall–Kier alpha value is -3.58. The van der Waals surface area contributed by atoms with Gasteiger partial charge in [0.25, 0.3) is 0 Å². The van der Waals surface area contributed by atoms with Crippen molar-refractivity contribution in [3.05, 3.63) is 84.6 Å². The van der Waals surface area contributed by atoms with Crippen LogP contribution in [-0.4, -0.2) is 46.4 Å². The van der Waals surface area contributed by atoms with Gasteiger partial charge in [0.2, 0.25) is 0 Å². The molecule has 0 aliphatic carbocycles. The highest BCUT2D eigenvalue weighted by Crippen LogP contribution is 2.18. The molecule has 0 unspecified atom stereocenters. The molecule has 0 spiro atoms. The summed E-state index contributed by atoms with van der Waals surface area (Å²) in [7, 11) is 0. The van der Waals surface area contributed by atoms with Crippen LogP contribution in [0.1, 0.15) is 5.82 Å². The Balaban J connectivity index is 1.28. The SMILES string of the molecule is Fc1ccc(N2CC[NH+](/C=C/c3nnnn3-c3ccc4ccccc4c3)CC2)cc1. The first-order valence-corrected chi connectivity index (χ1v) is 10.1. The first-order valence-electron chi connectivity index (χ1n) is 10.1. The second kappa shape index (κ2) is 8.04. The summed E-state index contributed by atoms with van der Waals surface area (Å²) in [5, 5.41) is 14.6. The average Bonchev–Trinajstić information content (AvgIpc) is 3.27. The van der Waals surface area contributed by atoms with E-state index in [0.29, 0.717) is 5.82 Å². The van der Waals surface area contributed by atoms with Crippen LogP contribution in [0.3, 0.4) is 0 Å². The van der Waals surface area contributed by atoms with Crippen molar-refractivity contribution in [3.8, 4) is 5.69 Å². The summed E-state index contributed by atoms with van der Waals surface area (Å²) in [5.74, 6) is 0.508. The van der Waals surface area contributed by atoms with E-state index < -0.39 is 0 Å². The summed E-state index contributed by atoms with van der Waals surface area (Å²) in [6, 6.07) is 21.2. The number of nitrogens with zero attached hydrogens (tertiary/aromatic N) is 5. The van der Waals surface area contributed by atoms with Crippen molar-refractivity contribution < 1.29 is 9.29 Å². The predicted molar refractivity (Wildman–Crippen MR) is 115 cm³/mol. The number of anilines is 1. The zero-order valence-corrected chi connectivity index (χ0v) is 16.4. The molecule has 0 bridgehead atoms. The lowest BCUT2D eigenvalue weighted by Crippen LogP contribution is -3.10. The molecule has 1 aromatic heterocycles. The maximum absolute atomic E-state index is 13.1. The maximum Gasteiger partial charge on any atom is 0.185 e. The van der Waals surface area contributed by atoms with Crippen LogP contribution in [0, 0.1) is 5.82 Å². The molecule has 1 saturated heterocycles. The van der Waals surface area contributed by atoms with Gasteiger partial charge in [-0.25, -0.2) is 4.39 Å². The van der Waals surface area contributed by atoms with Crippen LogP contribution < -0.4 is 9.80 Å². The van der Waals surface area contributed by atoms with E-state index in [4.69, 9.17) is 0 Å². The molecule has 1 fully saturated rings. The van der Waals surface area contributed by atoms with Crippen molar-refractivity contribution in [1.82, 2.24) is 20.2 Å². The summed E-state index contributed by atoms with van der Waals surface area (Å²) < 4.78 is 14.9. The average molecular weight is 401 g/mol. The number of rotatable bonds is 4. The van der Waals surface area contributed by atoms with Gasteiger partial charge in [-0.15, -0.1) is 5.10 Å². The molecule has 0 saturated carbocycles. The first-order chi connectivity index (χ1) is 14.8. The molecule has 5 rings (SSSR count). The summed E-state index contributed by atoms with van der Waals surface area (Å²) in [6.45, 7) is 3.76. The molecular weight excluding hydrogens is 379 g/mol. The molecule has 1 N–H and O–H groups in total. The molecule has 30 heavy (non-hydrogen) atoms. The van der Waals surface area contributed by atoms with Gasteiger partial charge in [0.05, 0.1) is 38.1 Å². The number of piperazine rings is 1. The van der Waals surface area contributed by atoms with Crippen LogP contribution in [0.2, 0.25) is 0 Å². The van der Waals surface area contributed by atoms with Crippen molar-refractivity contribution >= 4 is 22.5 Å². The van der Waals surface area contributed by atoms with Gasteiger partial charge in [-0.2, -0.15) is 4.68 Å². The molecule has 7 heteroatoms. The zero-order chi connectivity index (χ0) is 20.3. The number of halogens is 1. The highest BCUT2D eigenvalue weighted by molar-refractivity contribution is 5.84. The van der Waals surface area contributed by atoms with Gasteiger partial charge >= 0.3 is 0 Å². The number of nitrogens with one attached hydrogen (secondary N) is 1. The Morgan fingerprint density at radius 2 is 1.60 bits per heavy atom. The number of quaternary nitrogens is 1. The largest absolute Gasteiger partial charge is 0.360 e. The molecular formula is C23H22FN6+. The normalized spacial score (nSPS) is 15.3. The van der Waals surface area contributed by atoms with E-state index in [-0.39, 0.29) is 5.82 Å². The smallest absolute Gasteiger partial charge is 0.185 e. The summed E-state index contributed by atoms with van der Waals surface area (Å²) in [5.41, 5.74) is 2.01. The number of benzene rings is 3. The van der Waals surface area contributed by atoms with Crippen LogP contribution in [-0.2, 0) is 0 Å². The van der Waals surface area contributed by atoms with Gasteiger partial charge < -0.3 is 9.80 Å². The van der Waals surface area contributed by atoms with Crippen molar-refractivity contribution in [3.63, 3.8) is 0 Å². The Morgan fingerprint density at radius 1 is 0.867 bits per heavy atom. The van der Waals surface area contributed by atoms with Crippen LogP contribution in [0.15, 0.2) is 72.9 Å². The first kappa shape index (κ1) is 18.4. The number of tetrazole rings is 1. The Morgan fingerprint density at radius 3 is 2.40 bits per heavy atom. The van der Waals surface area contributed by atoms with E-state index in [9.17, 15) is 4.39 Å². The van der Waals surface area contributed by atoms with E-state index in [0.717, 1.165) is 42.9 Å². The van der Waals surface area contributed by atoms with Crippen molar-refractivity contribution in [2.45, 2.75) is 0 Å². The van der Waals surface area contributed by atoms with Crippen LogP contribution >= 0.6 is 0 Å². The van der Waals surface area contributed by atoms with Crippen LogP contribution in [0.4, 0.5) is 10.1 Å². The summed E-state index contributed by atoms with van der Waals surface area (Å²) in [6.07, 6.45) is 4.11. The molecule has 150 valence electrons. The fourth-order valence-corrected chi connectivity index (χ4v) is 3.85. The van der Waals surface area contributed by atoms with Gasteiger partial charge in [-0.1, -0.05) is 30.3 Å². The van der Waals surface area contributed by atoms with Crippen LogP contribution in [0.5, 0.6) is 0 Å². The number of aromatic nitrogens is 4. The standard InChI is InChI=1S/C23H21FN6/c24-20-6-9-21(10-7-20)29-15-13-28(14-16-29)12-11-23-25-26-27-30(23)22-8-5-18-3-1-2-4-19(18)17-22/h1-12,17H,13-16H2/p+1/b12-11+. The Kier molecular flexibility index (Phi) is 4.94. The van der Waals surface area contributed by atoms with Gasteiger partial charge in [-0.05, 0) is 57.6 Å². The van der Waals surface area contributed by atoms with Crippen molar-refractivity contribution in [2.75, 3.05) is 31.1 Å². The second-order valence-electron chi connectivity index (χ2n) is 7.44. The summed E-state index contributed by atoms with van der Waals surface area (Å²) >= 11 is 0. The quantitative estimate of drug-likeness (QED) is 0.570. The molecule has 6 nitrogen and oxygen atoms in total. The Bertz CT molecular complexity index is 1180. The van der Waals surface area contributed by atoms with Gasteiger partial charge in [-0.3, -0.25) is 0 Å². The minimum atomic E-state index is -0.199. The minimum absolute atomic E-state index is 0.199. The highest BCUT2D eigenvalue weighted by atomic mass is 19.1. The van der Waals surface area contributed by atoms with Crippen molar-refractivity contribution in [1.29, 1.82) is 0 Å². The van der Waals surface area contributed by atoms with E-state index in [1.54, 1.807) is 4.68 Å². The lowest BCUT2D eigenvalue weighted by atomic mass is 10.1. The van der Waals surface area contributed by atoms with Gasteiger partial charge in [0.1, 0.15) is 5.82 Å². The third-order valence-corrected chi connectivity index (χ3v) is 5.54. The molecule has 0 amide bonds. The highest BCUT2D eigenvalue weighted by Gasteiger charge is 2.19. The molecule has 0 radical (unpaired) electrons. The van der Waals surface area contributed by atoms with E-state index in [1.807, 2.05) is 36.4 Å². The number of hydrogen-bond donors (Lipinski definition) is 1. The molecule has 1 aliphatic rings. The van der Waals surface area contributed by atoms with Crippen molar-refractivity contribution in [2.24, 2.45) is 0 Å². The zero-order valence-electron chi connectivity index (χ0n) is 16.4. The molecule has 2 heterocycles. The van der Waals surface area contributed by atoms with Crippen LogP contribution in [0.25, 0.3) is 22.5 Å². The Labute approximate surface area is 173 Å². The maximum atomic E-state index is 13.1. The molecule has 1 aliphatic heterocycles.